The minimum absolute atomic E-state index is 0.153. The first-order chi connectivity index (χ1) is 49.1. The summed E-state index contributed by atoms with van der Waals surface area (Å²) < 4.78 is 93.5. The van der Waals surface area contributed by atoms with E-state index in [1.54, 1.807) is 19.1 Å². The van der Waals surface area contributed by atoms with Crippen LogP contribution >= 0.6 is 0 Å². The lowest BCUT2D eigenvalue weighted by Gasteiger charge is -2.39. The topological polar surface area (TPSA) is 606 Å². The van der Waals surface area contributed by atoms with E-state index in [0.717, 1.165) is 20.8 Å². The molecule has 0 saturated carbocycles. The van der Waals surface area contributed by atoms with Gasteiger partial charge in [-0.15, -0.1) is 0 Å². The minimum Gasteiger partial charge on any atom is -0.499 e. The molecule has 8 aliphatic rings. The lowest BCUT2D eigenvalue weighted by atomic mass is 9.97. The van der Waals surface area contributed by atoms with E-state index in [9.17, 15) is 52.7 Å². The van der Waals surface area contributed by atoms with Crippen molar-refractivity contribution in [3.05, 3.63) is 49.4 Å². The number of hydrogen-bond donors (Lipinski definition) is 12. The fourth-order valence-corrected chi connectivity index (χ4v) is 8.70. The number of ether oxygens (including phenoxy) is 19. The third-order valence-electron chi connectivity index (χ3n) is 13.4. The van der Waals surface area contributed by atoms with Crippen molar-refractivity contribution in [2.45, 2.75) is 224 Å². The molecule has 0 aromatic rings. The first kappa shape index (κ1) is 94.7. The van der Waals surface area contributed by atoms with Crippen LogP contribution in [0.5, 0.6) is 0 Å². The Morgan fingerprint density at radius 1 is 0.276 bits per heavy atom. The van der Waals surface area contributed by atoms with Gasteiger partial charge in [0.15, 0.2) is 49.2 Å². The standard InChI is InChI=1S/C13H18O9.C12H18O7.2C9H12O5.2C5H10O5.2C5H8O3/c1-6(14)19-10-5-18-13(22-9(4)17)12(21-8(3)16)11(10)20-7(2)15;1-6-5-16-12(19-9(4)15)11(18-8(3)14)10(6)17-7(2)13;2*1-6(10)13-8-3-4-12-5-9(8)14-7(2)11;2*6-2-1-10-5(9)4(8)3(2)7;2*6-4-1-2-8-3-5(4)7/h10-13H,5H2,1-4H3;6,10-12H,5H2,1-4H3;2*3-4,8-9H,5H2,1-2H3;2*2-9H,1H2;2*1-2,4-7H,3H2/t10-,11-,12+,13?;6-,10+,11-,12+;8-,9+;8-,9-;2-,3+,4-,5?;2-,3-,4+,5?;4-,5+;4-,5-/m11011101/s1. The van der Waals surface area contributed by atoms with Crippen LogP contribution in [0.2, 0.25) is 0 Å². The van der Waals surface area contributed by atoms with E-state index in [-0.39, 0.29) is 58.8 Å². The smallest absolute Gasteiger partial charge is 0.305 e. The molecule has 0 spiro atoms. The number of rotatable bonds is 11. The van der Waals surface area contributed by atoms with Crippen molar-refractivity contribution in [3.63, 3.8) is 0 Å². The fraction of sp³-hybridized carbons (Fsp3) is 0.698. The van der Waals surface area contributed by atoms with Crippen molar-refractivity contribution >= 4 is 65.7 Å². The normalized spacial score (nSPS) is 32.9. The van der Waals surface area contributed by atoms with Gasteiger partial charge in [0.25, 0.3) is 0 Å². The monoisotopic (exact) mass is 1520 g/mol. The van der Waals surface area contributed by atoms with Crippen LogP contribution in [0.15, 0.2) is 49.4 Å². The van der Waals surface area contributed by atoms with Gasteiger partial charge in [0.1, 0.15) is 93.6 Å². The molecule has 4 saturated heterocycles. The summed E-state index contributed by atoms with van der Waals surface area (Å²) in [6.07, 6.45) is -11.5. The third-order valence-corrected chi connectivity index (χ3v) is 13.4. The molecule has 0 aromatic carbocycles. The van der Waals surface area contributed by atoms with Crippen molar-refractivity contribution in [1.29, 1.82) is 0 Å². The zero-order chi connectivity index (χ0) is 80.0. The number of aliphatic hydroxyl groups is 12. The van der Waals surface area contributed by atoms with Crippen LogP contribution < -0.4 is 0 Å². The molecule has 0 aliphatic carbocycles. The summed E-state index contributed by atoms with van der Waals surface area (Å²) in [6, 6.07) is 0. The van der Waals surface area contributed by atoms with Crippen molar-refractivity contribution in [2.75, 3.05) is 52.9 Å². The van der Waals surface area contributed by atoms with Gasteiger partial charge in [-0.05, 0) is 24.3 Å². The minimum atomic E-state index is -1.41. The Bertz CT molecular complexity index is 2650. The number of aliphatic hydroxyl groups excluding tert-OH is 12. The lowest BCUT2D eigenvalue weighted by Crippen LogP contribution is -2.58. The first-order valence-corrected chi connectivity index (χ1v) is 31.7. The number of esters is 11. The van der Waals surface area contributed by atoms with Gasteiger partial charge in [-0.25, -0.2) is 0 Å². The van der Waals surface area contributed by atoms with Gasteiger partial charge in [-0.3, -0.25) is 52.7 Å². The van der Waals surface area contributed by atoms with E-state index < -0.39 is 207 Å². The molecule has 12 N–H and O–H groups in total. The van der Waals surface area contributed by atoms with E-state index in [4.69, 9.17) is 132 Å². The molecule has 105 heavy (non-hydrogen) atoms. The van der Waals surface area contributed by atoms with Gasteiger partial charge in [0, 0.05) is 82.1 Å². The SMILES string of the molecule is CC(=O)OC1OC[C@@H](OC(C)=O)[C@@H](OC(C)=O)[C@@H]1OC(C)=O.CC(=O)O[C@@H]1C=COC[C@H]1OC(C)=O.CC(=O)O[C@@H]1OC[C@@H](C)[C@H](OC(C)=O)[C@H]1OC(C)=O.CC(=O)O[C@H]1C=COC[C@H]1OC(C)=O.OC1OC[C@@H](O)[C@@H](O)[C@@H]1O.OC1OC[C@@H](O)[C@H](O)[C@H]1O.O[C@@H]1C=COC[C@H]1O.O[C@@H]1COC=C[C@@H]1O. The summed E-state index contributed by atoms with van der Waals surface area (Å²) in [4.78, 5) is 121. The number of carbonyl (C=O) groups is 11. The maximum Gasteiger partial charge on any atom is 0.305 e. The molecule has 24 atom stereocenters. The highest BCUT2D eigenvalue weighted by Gasteiger charge is 2.49. The summed E-state index contributed by atoms with van der Waals surface area (Å²) in [5.74, 6) is -6.19. The molecule has 42 heteroatoms. The zero-order valence-corrected chi connectivity index (χ0v) is 59.2. The van der Waals surface area contributed by atoms with E-state index in [2.05, 4.69) is 18.9 Å². The average molecular weight is 1530 g/mol. The molecule has 8 aliphatic heterocycles. The molecule has 0 aromatic heterocycles. The Balaban J connectivity index is 0.000000614. The second kappa shape index (κ2) is 49.5. The number of hydrogen-bond acceptors (Lipinski definition) is 42. The molecule has 600 valence electrons. The predicted molar refractivity (Wildman–Crippen MR) is 337 cm³/mol. The fourth-order valence-electron chi connectivity index (χ4n) is 8.70. The van der Waals surface area contributed by atoms with E-state index in [1.807, 2.05) is 0 Å². The zero-order valence-electron chi connectivity index (χ0n) is 59.2. The van der Waals surface area contributed by atoms with Crippen LogP contribution in [0.3, 0.4) is 0 Å². The second-order valence-corrected chi connectivity index (χ2v) is 22.8. The van der Waals surface area contributed by atoms with E-state index in [1.165, 1.54) is 92.6 Å². The summed E-state index contributed by atoms with van der Waals surface area (Å²) in [5, 5.41) is 106. The highest BCUT2D eigenvalue weighted by atomic mass is 16.8. The van der Waals surface area contributed by atoms with Gasteiger partial charge in [-0.2, -0.15) is 0 Å². The highest BCUT2D eigenvalue weighted by Crippen LogP contribution is 2.28. The molecule has 0 radical (unpaired) electrons. The molecule has 0 amide bonds. The lowest BCUT2D eigenvalue weighted by molar-refractivity contribution is -0.273. The maximum atomic E-state index is 11.3. The third kappa shape index (κ3) is 38.5. The summed E-state index contributed by atoms with van der Waals surface area (Å²) in [5.41, 5.74) is 0. The summed E-state index contributed by atoms with van der Waals surface area (Å²) in [6.45, 7) is 15.8. The van der Waals surface area contributed by atoms with Crippen LogP contribution in [0.4, 0.5) is 0 Å². The molecule has 8 heterocycles. The maximum absolute atomic E-state index is 11.3. The number of carbonyl (C=O) groups excluding carboxylic acids is 11. The van der Waals surface area contributed by atoms with E-state index >= 15 is 0 Å². The van der Waals surface area contributed by atoms with Crippen molar-refractivity contribution in [1.82, 2.24) is 0 Å². The van der Waals surface area contributed by atoms with Crippen molar-refractivity contribution in [3.8, 4) is 0 Å². The Morgan fingerprint density at radius 2 is 0.562 bits per heavy atom. The molecule has 4 fully saturated rings. The largest absolute Gasteiger partial charge is 0.499 e. The van der Waals surface area contributed by atoms with Gasteiger partial charge >= 0.3 is 65.7 Å². The molecule has 8 rings (SSSR count). The molecular weight excluding hydrogens is 1430 g/mol. The Hall–Kier alpha value is -8.31. The molecule has 0 bridgehead atoms. The molecular formula is C63H96O42. The highest BCUT2D eigenvalue weighted by molar-refractivity contribution is 5.71. The van der Waals surface area contributed by atoms with E-state index in [0.29, 0.717) is 0 Å². The quantitative estimate of drug-likeness (QED) is 0.0677. The van der Waals surface area contributed by atoms with Crippen LogP contribution in [-0.2, 0) is 143 Å². The Morgan fingerprint density at radius 3 is 0.867 bits per heavy atom. The Kier molecular flexibility index (Phi) is 44.6. The Labute approximate surface area is 600 Å². The van der Waals surface area contributed by atoms with Crippen LogP contribution in [0, 0.1) is 5.92 Å². The van der Waals surface area contributed by atoms with Gasteiger partial charge < -0.3 is 151 Å². The molecule has 42 nitrogen and oxygen atoms in total. The van der Waals surface area contributed by atoms with Crippen molar-refractivity contribution in [2.24, 2.45) is 5.92 Å². The second-order valence-electron chi connectivity index (χ2n) is 22.8. The first-order valence-electron chi connectivity index (χ1n) is 31.7. The van der Waals surface area contributed by atoms with Gasteiger partial charge in [-0.1, -0.05) is 6.92 Å². The summed E-state index contributed by atoms with van der Waals surface area (Å²) in [7, 11) is 0. The van der Waals surface area contributed by atoms with Crippen LogP contribution in [0.1, 0.15) is 83.1 Å². The van der Waals surface area contributed by atoms with Gasteiger partial charge in [0.2, 0.25) is 24.8 Å². The predicted octanol–water partition coefficient (Wildman–Crippen LogP) is -5.77. The molecule has 3 unspecified atom stereocenters. The van der Waals surface area contributed by atoms with Crippen molar-refractivity contribution < 1.29 is 204 Å². The van der Waals surface area contributed by atoms with Crippen LogP contribution in [-0.4, -0.2) is 321 Å². The summed E-state index contributed by atoms with van der Waals surface area (Å²) >= 11 is 0. The van der Waals surface area contributed by atoms with Crippen LogP contribution in [0.25, 0.3) is 0 Å². The van der Waals surface area contributed by atoms with Gasteiger partial charge in [0.05, 0.1) is 51.5 Å². The average Bonchev–Trinajstić information content (AvgIpc) is 0.785.